The summed E-state index contributed by atoms with van der Waals surface area (Å²) in [5.74, 6) is 0. The molecular weight excluding hydrogens is 216 g/mol. The van der Waals surface area contributed by atoms with Crippen molar-refractivity contribution in [1.82, 2.24) is 9.88 Å². The summed E-state index contributed by atoms with van der Waals surface area (Å²) in [6.45, 7) is 5.98. The Bertz CT molecular complexity index is 400. The molecule has 1 amide bonds. The van der Waals surface area contributed by atoms with Crippen LogP contribution in [0, 0.1) is 0 Å². The van der Waals surface area contributed by atoms with E-state index in [2.05, 4.69) is 5.32 Å². The van der Waals surface area contributed by atoms with Gasteiger partial charge in [0.15, 0.2) is 0 Å². The lowest BCUT2D eigenvalue weighted by Gasteiger charge is -2.19. The first-order chi connectivity index (χ1) is 7.88. The molecule has 17 heavy (non-hydrogen) atoms. The van der Waals surface area contributed by atoms with Crippen molar-refractivity contribution < 1.29 is 9.53 Å². The first-order valence-corrected chi connectivity index (χ1v) is 5.63. The molecule has 1 heterocycles. The third-order valence-corrected chi connectivity index (χ3v) is 2.04. The molecule has 0 unspecified atom stereocenters. The van der Waals surface area contributed by atoms with Crippen molar-refractivity contribution in [1.29, 1.82) is 0 Å². The Labute approximate surface area is 102 Å². The number of ether oxygens (including phenoxy) is 1. The summed E-state index contributed by atoms with van der Waals surface area (Å²) < 4.78 is 7.11. The minimum absolute atomic E-state index is 0.394. The molecule has 1 N–H and O–H groups in total. The molecule has 0 aliphatic carbocycles. The minimum atomic E-state index is -0.452. The Kier molecular flexibility index (Phi) is 4.37. The Morgan fingerprint density at radius 1 is 1.53 bits per heavy atom. The van der Waals surface area contributed by atoms with E-state index in [9.17, 15) is 4.79 Å². The van der Waals surface area contributed by atoms with E-state index in [-0.39, 0.29) is 0 Å². The molecule has 0 spiro atoms. The summed E-state index contributed by atoms with van der Waals surface area (Å²) in [5, 5.41) is 2.66. The van der Waals surface area contributed by atoms with Crippen LogP contribution in [0.3, 0.4) is 0 Å². The van der Waals surface area contributed by atoms with Gasteiger partial charge in [-0.2, -0.15) is 0 Å². The van der Waals surface area contributed by atoms with Gasteiger partial charge in [-0.05, 0) is 39.0 Å². The fourth-order valence-electron chi connectivity index (χ4n) is 1.28. The number of hydrogen-bond donors (Lipinski definition) is 1. The van der Waals surface area contributed by atoms with Crippen LogP contribution in [0.4, 0.5) is 4.79 Å². The highest BCUT2D eigenvalue weighted by atomic mass is 16.6. The predicted octanol–water partition coefficient (Wildman–Crippen LogP) is 2.56. The van der Waals surface area contributed by atoms with Gasteiger partial charge < -0.3 is 14.6 Å². The zero-order valence-corrected chi connectivity index (χ0v) is 10.9. The van der Waals surface area contributed by atoms with Gasteiger partial charge in [-0.15, -0.1) is 0 Å². The number of nitrogens with zero attached hydrogens (tertiary/aromatic N) is 1. The van der Waals surface area contributed by atoms with Crippen molar-refractivity contribution in [3.05, 3.63) is 30.1 Å². The highest BCUT2D eigenvalue weighted by Crippen LogP contribution is 2.06. The molecule has 0 fully saturated rings. The summed E-state index contributed by atoms with van der Waals surface area (Å²) >= 11 is 0. The lowest BCUT2D eigenvalue weighted by molar-refractivity contribution is 0.0534. The number of hydrogen-bond acceptors (Lipinski definition) is 2. The maximum absolute atomic E-state index is 11.3. The van der Waals surface area contributed by atoms with Gasteiger partial charge in [0.1, 0.15) is 5.60 Å². The van der Waals surface area contributed by atoms with E-state index in [0.29, 0.717) is 6.54 Å². The molecule has 4 heteroatoms. The SMILES string of the molecule is Cn1cccc1C=CCNC(=O)OC(C)(C)C. The van der Waals surface area contributed by atoms with Gasteiger partial charge in [-0.25, -0.2) is 4.79 Å². The number of nitrogens with one attached hydrogen (secondary N) is 1. The van der Waals surface area contributed by atoms with E-state index in [1.165, 1.54) is 0 Å². The molecule has 0 aliphatic rings. The van der Waals surface area contributed by atoms with Crippen LogP contribution < -0.4 is 5.32 Å². The van der Waals surface area contributed by atoms with Crippen molar-refractivity contribution in [2.45, 2.75) is 26.4 Å². The Balaban J connectivity index is 2.31. The molecule has 1 rings (SSSR count). The molecule has 0 aromatic carbocycles. The number of aromatic nitrogens is 1. The Hall–Kier alpha value is -1.71. The molecule has 0 aliphatic heterocycles. The summed E-state index contributed by atoms with van der Waals surface area (Å²) in [6, 6.07) is 3.98. The third kappa shape index (κ3) is 5.24. The maximum Gasteiger partial charge on any atom is 0.407 e. The second-order valence-corrected chi connectivity index (χ2v) is 4.83. The lowest BCUT2D eigenvalue weighted by atomic mass is 10.2. The van der Waals surface area contributed by atoms with Gasteiger partial charge in [0, 0.05) is 25.5 Å². The standard InChI is InChI=1S/C13H20N2O2/c1-13(2,3)17-12(16)14-9-5-7-11-8-6-10-15(11)4/h5-8,10H,9H2,1-4H3,(H,14,16). The summed E-state index contributed by atoms with van der Waals surface area (Å²) in [5.41, 5.74) is 0.641. The number of rotatable bonds is 3. The van der Waals surface area contributed by atoms with Gasteiger partial charge >= 0.3 is 6.09 Å². The number of carbonyl (C=O) groups is 1. The highest BCUT2D eigenvalue weighted by Gasteiger charge is 2.14. The minimum Gasteiger partial charge on any atom is -0.444 e. The molecule has 0 bridgehead atoms. The van der Waals surface area contributed by atoms with Gasteiger partial charge in [0.25, 0.3) is 0 Å². The topological polar surface area (TPSA) is 43.3 Å². The van der Waals surface area contributed by atoms with Crippen LogP contribution in [0.2, 0.25) is 0 Å². The molecule has 4 nitrogen and oxygen atoms in total. The molecule has 0 atom stereocenters. The Morgan fingerprint density at radius 3 is 2.76 bits per heavy atom. The molecule has 0 radical (unpaired) electrons. The van der Waals surface area contributed by atoms with Crippen molar-refractivity contribution in [2.24, 2.45) is 7.05 Å². The number of amides is 1. The van der Waals surface area contributed by atoms with E-state index in [1.54, 1.807) is 0 Å². The van der Waals surface area contributed by atoms with E-state index in [4.69, 9.17) is 4.74 Å². The van der Waals surface area contributed by atoms with Crippen LogP contribution in [-0.4, -0.2) is 22.8 Å². The molecule has 1 aromatic heterocycles. The predicted molar refractivity (Wildman–Crippen MR) is 68.7 cm³/mol. The summed E-state index contributed by atoms with van der Waals surface area (Å²) in [6.07, 6.45) is 5.42. The Morgan fingerprint density at radius 2 is 2.24 bits per heavy atom. The van der Waals surface area contributed by atoms with E-state index >= 15 is 0 Å². The van der Waals surface area contributed by atoms with Crippen molar-refractivity contribution in [3.63, 3.8) is 0 Å². The fraction of sp³-hybridized carbons (Fsp3) is 0.462. The lowest BCUT2D eigenvalue weighted by Crippen LogP contribution is -2.32. The average molecular weight is 236 g/mol. The summed E-state index contributed by atoms with van der Waals surface area (Å²) in [7, 11) is 1.97. The van der Waals surface area contributed by atoms with Crippen molar-refractivity contribution >= 4 is 12.2 Å². The van der Waals surface area contributed by atoms with Gasteiger partial charge in [0.05, 0.1) is 0 Å². The highest BCUT2D eigenvalue weighted by molar-refractivity contribution is 5.68. The van der Waals surface area contributed by atoms with Crippen LogP contribution in [0.5, 0.6) is 0 Å². The van der Waals surface area contributed by atoms with Crippen LogP contribution in [0.25, 0.3) is 6.08 Å². The van der Waals surface area contributed by atoms with Gasteiger partial charge in [-0.1, -0.05) is 6.08 Å². The van der Waals surface area contributed by atoms with E-state index in [0.717, 1.165) is 5.69 Å². The largest absolute Gasteiger partial charge is 0.444 e. The van der Waals surface area contributed by atoms with Crippen LogP contribution >= 0.6 is 0 Å². The molecule has 0 saturated heterocycles. The van der Waals surface area contributed by atoms with Crippen LogP contribution in [-0.2, 0) is 11.8 Å². The number of carbonyl (C=O) groups excluding carboxylic acids is 1. The molecule has 1 aromatic rings. The van der Waals surface area contributed by atoms with E-state index in [1.807, 2.05) is 62.9 Å². The molecular formula is C13H20N2O2. The second kappa shape index (κ2) is 5.57. The van der Waals surface area contributed by atoms with Gasteiger partial charge in [-0.3, -0.25) is 0 Å². The van der Waals surface area contributed by atoms with Crippen LogP contribution in [0.15, 0.2) is 24.4 Å². The first-order valence-electron chi connectivity index (χ1n) is 5.63. The first kappa shape index (κ1) is 13.4. The third-order valence-electron chi connectivity index (χ3n) is 2.04. The average Bonchev–Trinajstić information content (AvgIpc) is 2.56. The maximum atomic E-state index is 11.3. The molecule has 0 saturated carbocycles. The number of aryl methyl sites for hydroxylation is 1. The van der Waals surface area contributed by atoms with Gasteiger partial charge in [0.2, 0.25) is 0 Å². The zero-order chi connectivity index (χ0) is 12.9. The monoisotopic (exact) mass is 236 g/mol. The molecule has 94 valence electrons. The second-order valence-electron chi connectivity index (χ2n) is 4.83. The fourth-order valence-corrected chi connectivity index (χ4v) is 1.28. The van der Waals surface area contributed by atoms with Crippen LogP contribution in [0.1, 0.15) is 26.5 Å². The normalized spacial score (nSPS) is 11.8. The van der Waals surface area contributed by atoms with Crippen molar-refractivity contribution in [2.75, 3.05) is 6.54 Å². The van der Waals surface area contributed by atoms with Crippen molar-refractivity contribution in [3.8, 4) is 0 Å². The number of alkyl carbamates (subject to hydrolysis) is 1. The quantitative estimate of drug-likeness (QED) is 0.876. The zero-order valence-electron chi connectivity index (χ0n) is 10.9. The summed E-state index contributed by atoms with van der Waals surface area (Å²) in [4.78, 5) is 11.3. The van der Waals surface area contributed by atoms with E-state index < -0.39 is 11.7 Å². The smallest absolute Gasteiger partial charge is 0.407 e.